The molecule has 20 heavy (non-hydrogen) atoms. The predicted molar refractivity (Wildman–Crippen MR) is 81.4 cm³/mol. The molecule has 0 aliphatic heterocycles. The summed E-state index contributed by atoms with van der Waals surface area (Å²) in [4.78, 5) is 14.9. The van der Waals surface area contributed by atoms with Crippen molar-refractivity contribution in [3.05, 3.63) is 29.8 Å². The SMILES string of the molecule is CCOc1ccccc1C(=O)CN(CC(C)C)C1CC1. The van der Waals surface area contributed by atoms with Crippen molar-refractivity contribution in [2.75, 3.05) is 19.7 Å². The Labute approximate surface area is 121 Å². The zero-order valence-corrected chi connectivity index (χ0v) is 12.8. The van der Waals surface area contributed by atoms with Crippen LogP contribution in [0.15, 0.2) is 24.3 Å². The second-order valence-corrected chi connectivity index (χ2v) is 5.91. The molecular formula is C17H25NO2. The lowest BCUT2D eigenvalue weighted by molar-refractivity contribution is 0.0911. The van der Waals surface area contributed by atoms with E-state index in [1.165, 1.54) is 12.8 Å². The summed E-state index contributed by atoms with van der Waals surface area (Å²) in [5, 5.41) is 0. The van der Waals surface area contributed by atoms with Gasteiger partial charge in [0, 0.05) is 12.6 Å². The number of rotatable bonds is 8. The Hall–Kier alpha value is -1.35. The van der Waals surface area contributed by atoms with E-state index in [0.29, 0.717) is 36.4 Å². The summed E-state index contributed by atoms with van der Waals surface area (Å²) in [6.07, 6.45) is 2.46. The molecule has 1 aliphatic carbocycles. The van der Waals surface area contributed by atoms with Gasteiger partial charge in [0.05, 0.1) is 18.7 Å². The fourth-order valence-corrected chi connectivity index (χ4v) is 2.50. The first kappa shape index (κ1) is 15.0. The van der Waals surface area contributed by atoms with E-state index in [9.17, 15) is 4.79 Å². The Morgan fingerprint density at radius 2 is 2.05 bits per heavy atom. The maximum atomic E-state index is 12.5. The van der Waals surface area contributed by atoms with Gasteiger partial charge in [-0.05, 0) is 37.8 Å². The number of carbonyl (C=O) groups excluding carboxylic acids is 1. The van der Waals surface area contributed by atoms with Crippen LogP contribution >= 0.6 is 0 Å². The summed E-state index contributed by atoms with van der Waals surface area (Å²) in [6.45, 7) is 8.43. The minimum atomic E-state index is 0.168. The molecular weight excluding hydrogens is 250 g/mol. The molecule has 0 spiro atoms. The normalized spacial score (nSPS) is 14.8. The number of ether oxygens (including phenoxy) is 1. The molecule has 110 valence electrons. The molecule has 0 radical (unpaired) electrons. The molecule has 1 fully saturated rings. The maximum absolute atomic E-state index is 12.5. The highest BCUT2D eigenvalue weighted by molar-refractivity contribution is 6.00. The van der Waals surface area contributed by atoms with Gasteiger partial charge in [-0.15, -0.1) is 0 Å². The average Bonchev–Trinajstić information content (AvgIpc) is 3.22. The van der Waals surface area contributed by atoms with E-state index in [4.69, 9.17) is 4.74 Å². The molecule has 0 aromatic heterocycles. The smallest absolute Gasteiger partial charge is 0.180 e. The lowest BCUT2D eigenvalue weighted by atomic mass is 10.1. The number of ketones is 1. The van der Waals surface area contributed by atoms with Crippen LogP contribution in [-0.2, 0) is 0 Å². The van der Waals surface area contributed by atoms with Gasteiger partial charge < -0.3 is 4.74 Å². The molecule has 0 bridgehead atoms. The van der Waals surface area contributed by atoms with Crippen molar-refractivity contribution >= 4 is 5.78 Å². The molecule has 0 heterocycles. The Morgan fingerprint density at radius 3 is 2.65 bits per heavy atom. The van der Waals surface area contributed by atoms with Gasteiger partial charge in [-0.1, -0.05) is 26.0 Å². The van der Waals surface area contributed by atoms with Crippen molar-refractivity contribution in [3.8, 4) is 5.75 Å². The zero-order chi connectivity index (χ0) is 14.5. The van der Waals surface area contributed by atoms with Crippen LogP contribution in [0.4, 0.5) is 0 Å². The molecule has 1 aromatic rings. The maximum Gasteiger partial charge on any atom is 0.180 e. The Kier molecular flexibility index (Phi) is 5.18. The Bertz CT molecular complexity index is 452. The topological polar surface area (TPSA) is 29.5 Å². The number of benzene rings is 1. The predicted octanol–water partition coefficient (Wildman–Crippen LogP) is 3.39. The minimum Gasteiger partial charge on any atom is -0.493 e. The van der Waals surface area contributed by atoms with Gasteiger partial charge in [-0.25, -0.2) is 0 Å². The monoisotopic (exact) mass is 275 g/mol. The van der Waals surface area contributed by atoms with Crippen LogP contribution in [0.5, 0.6) is 5.75 Å². The van der Waals surface area contributed by atoms with E-state index < -0.39 is 0 Å². The van der Waals surface area contributed by atoms with Crippen LogP contribution in [0.2, 0.25) is 0 Å². The molecule has 3 nitrogen and oxygen atoms in total. The van der Waals surface area contributed by atoms with Crippen molar-refractivity contribution in [1.82, 2.24) is 4.90 Å². The van der Waals surface area contributed by atoms with E-state index in [2.05, 4.69) is 18.7 Å². The molecule has 0 saturated heterocycles. The number of hydrogen-bond donors (Lipinski definition) is 0. The first-order valence-electron chi connectivity index (χ1n) is 7.61. The van der Waals surface area contributed by atoms with Gasteiger partial charge in [0.1, 0.15) is 5.75 Å². The zero-order valence-electron chi connectivity index (χ0n) is 12.8. The summed E-state index contributed by atoms with van der Waals surface area (Å²) in [5.74, 6) is 1.47. The van der Waals surface area contributed by atoms with Crippen molar-refractivity contribution in [1.29, 1.82) is 0 Å². The molecule has 0 atom stereocenters. The van der Waals surface area contributed by atoms with Crippen molar-refractivity contribution in [2.24, 2.45) is 5.92 Å². The van der Waals surface area contributed by atoms with Crippen LogP contribution in [-0.4, -0.2) is 36.4 Å². The molecule has 0 N–H and O–H groups in total. The third kappa shape index (κ3) is 4.07. The van der Waals surface area contributed by atoms with E-state index in [1.54, 1.807) is 0 Å². The van der Waals surface area contributed by atoms with Crippen LogP contribution in [0.3, 0.4) is 0 Å². The van der Waals surface area contributed by atoms with Crippen molar-refractivity contribution < 1.29 is 9.53 Å². The average molecular weight is 275 g/mol. The Balaban J connectivity index is 2.06. The van der Waals surface area contributed by atoms with Gasteiger partial charge in [0.25, 0.3) is 0 Å². The van der Waals surface area contributed by atoms with Gasteiger partial charge >= 0.3 is 0 Å². The number of carbonyl (C=O) groups is 1. The molecule has 0 amide bonds. The number of Topliss-reactive ketones (excluding diaryl/α,β-unsaturated/α-hetero) is 1. The molecule has 1 aromatic carbocycles. The van der Waals surface area contributed by atoms with Crippen LogP contribution < -0.4 is 4.74 Å². The second kappa shape index (κ2) is 6.89. The second-order valence-electron chi connectivity index (χ2n) is 5.91. The summed E-state index contributed by atoms with van der Waals surface area (Å²) >= 11 is 0. The molecule has 0 unspecified atom stereocenters. The third-order valence-electron chi connectivity index (χ3n) is 3.50. The van der Waals surface area contributed by atoms with Crippen LogP contribution in [0.1, 0.15) is 44.0 Å². The molecule has 1 aliphatic rings. The quantitative estimate of drug-likeness (QED) is 0.681. The summed E-state index contributed by atoms with van der Waals surface area (Å²) in [6, 6.07) is 8.17. The van der Waals surface area contributed by atoms with Gasteiger partial charge in [-0.3, -0.25) is 9.69 Å². The highest BCUT2D eigenvalue weighted by atomic mass is 16.5. The highest BCUT2D eigenvalue weighted by Gasteiger charge is 2.31. The molecule has 1 saturated carbocycles. The third-order valence-corrected chi connectivity index (χ3v) is 3.50. The van der Waals surface area contributed by atoms with E-state index in [1.807, 2.05) is 31.2 Å². The fourth-order valence-electron chi connectivity index (χ4n) is 2.50. The van der Waals surface area contributed by atoms with E-state index in [0.717, 1.165) is 6.54 Å². The largest absolute Gasteiger partial charge is 0.493 e. The lowest BCUT2D eigenvalue weighted by Gasteiger charge is -2.23. The first-order chi connectivity index (χ1) is 9.61. The lowest BCUT2D eigenvalue weighted by Crippen LogP contribution is -2.35. The van der Waals surface area contributed by atoms with Crippen LogP contribution in [0, 0.1) is 5.92 Å². The standard InChI is InChI=1S/C17H25NO2/c1-4-20-17-8-6-5-7-15(17)16(19)12-18(11-13(2)3)14-9-10-14/h5-8,13-14H,4,9-12H2,1-3H3. The number of hydrogen-bond acceptors (Lipinski definition) is 3. The van der Waals surface area contributed by atoms with Gasteiger partial charge in [0.15, 0.2) is 5.78 Å². The molecule has 2 rings (SSSR count). The van der Waals surface area contributed by atoms with Crippen LogP contribution in [0.25, 0.3) is 0 Å². The number of nitrogens with zero attached hydrogens (tertiary/aromatic N) is 1. The van der Waals surface area contributed by atoms with E-state index in [-0.39, 0.29) is 5.78 Å². The van der Waals surface area contributed by atoms with Gasteiger partial charge in [-0.2, -0.15) is 0 Å². The highest BCUT2D eigenvalue weighted by Crippen LogP contribution is 2.28. The van der Waals surface area contributed by atoms with E-state index >= 15 is 0 Å². The minimum absolute atomic E-state index is 0.168. The fraction of sp³-hybridized carbons (Fsp3) is 0.588. The summed E-state index contributed by atoms with van der Waals surface area (Å²) in [5.41, 5.74) is 0.712. The van der Waals surface area contributed by atoms with Crippen molar-refractivity contribution in [2.45, 2.75) is 39.7 Å². The Morgan fingerprint density at radius 1 is 1.35 bits per heavy atom. The summed E-state index contributed by atoms with van der Waals surface area (Å²) < 4.78 is 5.56. The molecule has 3 heteroatoms. The van der Waals surface area contributed by atoms with Gasteiger partial charge in [0.2, 0.25) is 0 Å². The summed E-state index contributed by atoms with van der Waals surface area (Å²) in [7, 11) is 0. The van der Waals surface area contributed by atoms with Crippen molar-refractivity contribution in [3.63, 3.8) is 0 Å². The first-order valence-corrected chi connectivity index (χ1v) is 7.61. The number of para-hydroxylation sites is 1.